The lowest BCUT2D eigenvalue weighted by atomic mass is 10.1. The van der Waals surface area contributed by atoms with Crippen LogP contribution in [0.3, 0.4) is 0 Å². The summed E-state index contributed by atoms with van der Waals surface area (Å²) >= 11 is 1.52. The van der Waals surface area contributed by atoms with Gasteiger partial charge in [-0.15, -0.1) is 0 Å². The lowest BCUT2D eigenvalue weighted by Gasteiger charge is -2.12. The molecule has 0 saturated carbocycles. The van der Waals surface area contributed by atoms with Crippen LogP contribution in [0.25, 0.3) is 0 Å². The van der Waals surface area contributed by atoms with Gasteiger partial charge < -0.3 is 10.4 Å². The maximum Gasteiger partial charge on any atom is 0.251 e. The van der Waals surface area contributed by atoms with Crippen LogP contribution in [0.2, 0.25) is 0 Å². The number of hydrogen-bond donors (Lipinski definition) is 2. The summed E-state index contributed by atoms with van der Waals surface area (Å²) < 4.78 is 0. The summed E-state index contributed by atoms with van der Waals surface area (Å²) in [6, 6.07) is 3.55. The summed E-state index contributed by atoms with van der Waals surface area (Å²) in [7, 11) is 0. The number of amides is 1. The van der Waals surface area contributed by atoms with Crippen molar-refractivity contribution in [2.45, 2.75) is 19.4 Å². The fraction of sp³-hybridized carbons (Fsp3) is 0.286. The van der Waals surface area contributed by atoms with Crippen LogP contribution in [0.15, 0.2) is 35.3 Å². The van der Waals surface area contributed by atoms with Crippen LogP contribution in [0, 0.1) is 0 Å². The lowest BCUT2D eigenvalue weighted by Crippen LogP contribution is -2.29. The van der Waals surface area contributed by atoms with E-state index in [0.29, 0.717) is 5.56 Å². The number of nitrogens with zero attached hydrogens (tertiary/aromatic N) is 1. The summed E-state index contributed by atoms with van der Waals surface area (Å²) in [5.74, 6) is -0.173. The molecule has 100 valence electrons. The summed E-state index contributed by atoms with van der Waals surface area (Å²) in [5, 5.41) is 16.4. The van der Waals surface area contributed by atoms with Crippen molar-refractivity contribution in [1.29, 1.82) is 0 Å². The summed E-state index contributed by atoms with van der Waals surface area (Å²) in [6.07, 6.45) is 3.39. The molecule has 0 fully saturated rings. The minimum absolute atomic E-state index is 0.173. The van der Waals surface area contributed by atoms with E-state index in [1.807, 2.05) is 23.8 Å². The highest BCUT2D eigenvalue weighted by atomic mass is 32.1. The van der Waals surface area contributed by atoms with Crippen LogP contribution >= 0.6 is 11.3 Å². The average molecular weight is 276 g/mol. The zero-order valence-electron chi connectivity index (χ0n) is 10.7. The monoisotopic (exact) mass is 276 g/mol. The zero-order valence-corrected chi connectivity index (χ0v) is 11.5. The van der Waals surface area contributed by atoms with Crippen LogP contribution in [-0.4, -0.2) is 22.5 Å². The van der Waals surface area contributed by atoms with Gasteiger partial charge in [0.25, 0.3) is 5.91 Å². The first-order chi connectivity index (χ1) is 9.22. The van der Waals surface area contributed by atoms with Gasteiger partial charge >= 0.3 is 0 Å². The van der Waals surface area contributed by atoms with Gasteiger partial charge in [-0.1, -0.05) is 6.92 Å². The number of aromatic nitrogens is 1. The molecule has 2 aromatic heterocycles. The number of nitrogens with one attached hydrogen (secondary N) is 1. The van der Waals surface area contributed by atoms with Crippen LogP contribution < -0.4 is 5.32 Å². The van der Waals surface area contributed by atoms with E-state index in [0.717, 1.165) is 17.5 Å². The summed E-state index contributed by atoms with van der Waals surface area (Å²) in [5.41, 5.74) is 2.36. The number of aliphatic hydroxyl groups is 1. The number of aryl methyl sites for hydroxylation is 1. The molecule has 4 nitrogen and oxygen atoms in total. The molecule has 2 N–H and O–H groups in total. The predicted octanol–water partition coefficient (Wildman–Crippen LogP) is 2.17. The topological polar surface area (TPSA) is 62.2 Å². The van der Waals surface area contributed by atoms with Crippen molar-refractivity contribution in [2.24, 2.45) is 0 Å². The molecule has 1 amide bonds. The van der Waals surface area contributed by atoms with E-state index in [-0.39, 0.29) is 12.5 Å². The van der Waals surface area contributed by atoms with E-state index >= 15 is 0 Å². The largest absolute Gasteiger partial charge is 0.387 e. The molecular formula is C14H16N2O2S. The highest BCUT2D eigenvalue weighted by Gasteiger charge is 2.13. The second-order valence-electron chi connectivity index (χ2n) is 4.17. The predicted molar refractivity (Wildman–Crippen MR) is 75.2 cm³/mol. The fourth-order valence-corrected chi connectivity index (χ4v) is 2.50. The highest BCUT2D eigenvalue weighted by Crippen LogP contribution is 2.15. The number of hydrogen-bond acceptors (Lipinski definition) is 4. The van der Waals surface area contributed by atoms with Gasteiger partial charge in [0.2, 0.25) is 0 Å². The molecule has 5 heteroatoms. The summed E-state index contributed by atoms with van der Waals surface area (Å²) in [6.45, 7) is 2.19. The Morgan fingerprint density at radius 3 is 3.05 bits per heavy atom. The van der Waals surface area contributed by atoms with Crippen molar-refractivity contribution >= 4 is 17.2 Å². The van der Waals surface area contributed by atoms with Gasteiger partial charge in [0.1, 0.15) is 0 Å². The Kier molecular flexibility index (Phi) is 4.65. The first-order valence-corrected chi connectivity index (χ1v) is 7.08. The van der Waals surface area contributed by atoms with E-state index < -0.39 is 6.10 Å². The number of carbonyl (C=O) groups is 1. The Morgan fingerprint density at radius 2 is 2.37 bits per heavy atom. The first kappa shape index (κ1) is 13.7. The van der Waals surface area contributed by atoms with Crippen LogP contribution in [0.4, 0.5) is 0 Å². The third-order valence-corrected chi connectivity index (χ3v) is 3.61. The van der Waals surface area contributed by atoms with Gasteiger partial charge in [-0.25, -0.2) is 0 Å². The highest BCUT2D eigenvalue weighted by molar-refractivity contribution is 7.07. The second-order valence-corrected chi connectivity index (χ2v) is 4.95. The molecule has 1 unspecified atom stereocenters. The van der Waals surface area contributed by atoms with E-state index in [9.17, 15) is 9.90 Å². The SMILES string of the molecule is CCc1cnccc1C(=O)NCC(O)c1ccsc1. The number of aliphatic hydroxyl groups excluding tert-OH is 1. The van der Waals surface area contributed by atoms with E-state index in [4.69, 9.17) is 0 Å². The van der Waals surface area contributed by atoms with E-state index in [1.54, 1.807) is 18.5 Å². The van der Waals surface area contributed by atoms with Crippen LogP contribution in [0.5, 0.6) is 0 Å². The molecule has 0 saturated heterocycles. The second kappa shape index (κ2) is 6.45. The number of rotatable bonds is 5. The zero-order chi connectivity index (χ0) is 13.7. The van der Waals surface area contributed by atoms with Crippen molar-refractivity contribution in [3.63, 3.8) is 0 Å². The Labute approximate surface area is 116 Å². The summed E-state index contributed by atoms with van der Waals surface area (Å²) in [4.78, 5) is 16.1. The Hall–Kier alpha value is -1.72. The molecular weight excluding hydrogens is 260 g/mol. The maximum atomic E-state index is 12.1. The average Bonchev–Trinajstić information content (AvgIpc) is 2.98. The third kappa shape index (κ3) is 3.39. The van der Waals surface area contributed by atoms with Gasteiger partial charge in [0, 0.05) is 24.5 Å². The lowest BCUT2D eigenvalue weighted by molar-refractivity contribution is 0.0915. The van der Waals surface area contributed by atoms with Gasteiger partial charge in [-0.3, -0.25) is 9.78 Å². The first-order valence-electron chi connectivity index (χ1n) is 6.13. The van der Waals surface area contributed by atoms with Gasteiger partial charge in [-0.2, -0.15) is 11.3 Å². The fourth-order valence-electron chi connectivity index (χ4n) is 1.80. The van der Waals surface area contributed by atoms with Gasteiger partial charge in [0.05, 0.1) is 6.10 Å². The number of pyridine rings is 1. The van der Waals surface area contributed by atoms with E-state index in [2.05, 4.69) is 10.3 Å². The minimum atomic E-state index is -0.665. The molecule has 0 aliphatic carbocycles. The van der Waals surface area contributed by atoms with Crippen molar-refractivity contribution in [3.8, 4) is 0 Å². The molecule has 0 aliphatic heterocycles. The molecule has 0 radical (unpaired) electrons. The molecule has 0 bridgehead atoms. The van der Waals surface area contributed by atoms with Gasteiger partial charge in [0.15, 0.2) is 0 Å². The van der Waals surface area contributed by atoms with Crippen molar-refractivity contribution in [2.75, 3.05) is 6.54 Å². The number of thiophene rings is 1. The molecule has 0 spiro atoms. The number of carbonyl (C=O) groups excluding carboxylic acids is 1. The minimum Gasteiger partial charge on any atom is -0.387 e. The Bertz CT molecular complexity index is 540. The molecule has 0 aliphatic rings. The molecule has 2 aromatic rings. The maximum absolute atomic E-state index is 12.1. The smallest absolute Gasteiger partial charge is 0.251 e. The Morgan fingerprint density at radius 1 is 1.53 bits per heavy atom. The molecule has 0 aromatic carbocycles. The van der Waals surface area contributed by atoms with Crippen LogP contribution in [-0.2, 0) is 6.42 Å². The normalized spacial score (nSPS) is 12.1. The molecule has 2 heterocycles. The van der Waals surface area contributed by atoms with Crippen molar-refractivity contribution in [3.05, 3.63) is 52.0 Å². The molecule has 2 rings (SSSR count). The van der Waals surface area contributed by atoms with Crippen molar-refractivity contribution < 1.29 is 9.90 Å². The van der Waals surface area contributed by atoms with Gasteiger partial charge in [-0.05, 0) is 40.4 Å². The standard InChI is InChI=1S/C14H16N2O2S/c1-2-10-7-15-5-3-12(10)14(18)16-8-13(17)11-4-6-19-9-11/h3-7,9,13,17H,2,8H2,1H3,(H,16,18). The van der Waals surface area contributed by atoms with E-state index in [1.165, 1.54) is 11.3 Å². The van der Waals surface area contributed by atoms with Crippen molar-refractivity contribution in [1.82, 2.24) is 10.3 Å². The quantitative estimate of drug-likeness (QED) is 0.879. The molecule has 1 atom stereocenters. The Balaban J connectivity index is 1.98. The molecule has 19 heavy (non-hydrogen) atoms. The third-order valence-electron chi connectivity index (χ3n) is 2.91. The van der Waals surface area contributed by atoms with Crippen LogP contribution in [0.1, 0.15) is 34.5 Å².